The van der Waals surface area contributed by atoms with Gasteiger partial charge in [-0.1, -0.05) is 32.6 Å². The smallest absolute Gasteiger partial charge is 0.305 e. The van der Waals surface area contributed by atoms with Gasteiger partial charge in [0.15, 0.2) is 6.29 Å². The highest BCUT2D eigenvalue weighted by Crippen LogP contribution is 2.20. The maximum Gasteiger partial charge on any atom is 0.305 e. The Labute approximate surface area is 142 Å². The molecule has 0 aromatic heterocycles. The Morgan fingerprint density at radius 1 is 1.08 bits per heavy atom. The van der Waals surface area contributed by atoms with Gasteiger partial charge in [-0.3, -0.25) is 9.59 Å². The topological polar surface area (TPSA) is 125 Å². The number of carbonyl (C=O) groups excluding carboxylic acids is 2. The normalized spacial score (nSPS) is 30.0. The molecule has 1 amide bonds. The second kappa shape index (κ2) is 10.6. The van der Waals surface area contributed by atoms with Crippen LogP contribution < -0.4 is 5.32 Å². The molecule has 140 valence electrons. The molecule has 4 N–H and O–H groups in total. The zero-order valence-electron chi connectivity index (χ0n) is 14.3. The summed E-state index contributed by atoms with van der Waals surface area (Å²) in [7, 11) is 0. The molecule has 0 aromatic carbocycles. The number of carbonyl (C=O) groups is 2. The molecule has 8 heteroatoms. The molecule has 1 saturated heterocycles. The van der Waals surface area contributed by atoms with Gasteiger partial charge in [0, 0.05) is 13.3 Å². The van der Waals surface area contributed by atoms with Crippen LogP contribution in [0.4, 0.5) is 0 Å². The first-order chi connectivity index (χ1) is 11.4. The molecule has 0 saturated carbocycles. The van der Waals surface area contributed by atoms with Gasteiger partial charge < -0.3 is 30.1 Å². The minimum atomic E-state index is -1.50. The van der Waals surface area contributed by atoms with Crippen LogP contribution in [-0.4, -0.2) is 64.4 Å². The van der Waals surface area contributed by atoms with Gasteiger partial charge in [0.25, 0.3) is 0 Å². The number of rotatable bonds is 9. The maximum atomic E-state index is 11.7. The van der Waals surface area contributed by atoms with E-state index in [2.05, 4.69) is 12.2 Å². The van der Waals surface area contributed by atoms with E-state index >= 15 is 0 Å². The Hall–Kier alpha value is -1.22. The molecule has 1 rings (SSSR count). The highest BCUT2D eigenvalue weighted by molar-refractivity contribution is 5.73. The van der Waals surface area contributed by atoms with Crippen LogP contribution in [-0.2, 0) is 19.1 Å². The molecule has 0 aromatic rings. The summed E-state index contributed by atoms with van der Waals surface area (Å²) in [6.07, 6.45) is -0.0199. The number of hydrogen-bond donors (Lipinski definition) is 4. The minimum Gasteiger partial charge on any atom is -0.463 e. The molecule has 5 atom stereocenters. The molecule has 1 aliphatic rings. The maximum absolute atomic E-state index is 11.7. The van der Waals surface area contributed by atoms with Crippen molar-refractivity contribution in [2.24, 2.45) is 0 Å². The van der Waals surface area contributed by atoms with Gasteiger partial charge in [0.1, 0.15) is 31.0 Å². The Morgan fingerprint density at radius 2 is 1.75 bits per heavy atom. The van der Waals surface area contributed by atoms with Crippen molar-refractivity contribution < 1.29 is 34.4 Å². The molecule has 1 aliphatic heterocycles. The van der Waals surface area contributed by atoms with Crippen LogP contribution in [0.3, 0.4) is 0 Å². The Bertz CT molecular complexity index is 404. The van der Waals surface area contributed by atoms with Crippen molar-refractivity contribution >= 4 is 11.9 Å². The highest BCUT2D eigenvalue weighted by Gasteiger charge is 2.44. The number of nitrogens with one attached hydrogen (secondary N) is 1. The van der Waals surface area contributed by atoms with Gasteiger partial charge in [-0.25, -0.2) is 0 Å². The summed E-state index contributed by atoms with van der Waals surface area (Å²) in [5.74, 6) is -0.878. The lowest BCUT2D eigenvalue weighted by atomic mass is 9.97. The molecular formula is C16H29NO7. The van der Waals surface area contributed by atoms with E-state index in [-0.39, 0.29) is 13.0 Å². The van der Waals surface area contributed by atoms with Crippen molar-refractivity contribution in [3.8, 4) is 0 Å². The number of esters is 1. The van der Waals surface area contributed by atoms with Crippen LogP contribution in [0, 0.1) is 0 Å². The standard InChI is InChI=1S/C16H29NO7/c1-3-4-5-6-7-8-12(19)23-9-11-14(20)15(21)13(16(22)24-11)17-10(2)18/h11,13-16,20-22H,3-9H2,1-2H3,(H,17,18)/t11-,13-,14-,15-,16+/m1/s1. The third-order valence-corrected chi connectivity index (χ3v) is 3.98. The monoisotopic (exact) mass is 347 g/mol. The summed E-state index contributed by atoms with van der Waals surface area (Å²) in [6.45, 7) is 3.07. The van der Waals surface area contributed by atoms with Crippen molar-refractivity contribution in [2.45, 2.75) is 83.0 Å². The summed E-state index contributed by atoms with van der Waals surface area (Å²) in [5.41, 5.74) is 0. The molecule has 0 bridgehead atoms. The van der Waals surface area contributed by atoms with Crippen LogP contribution in [0.25, 0.3) is 0 Å². The number of unbranched alkanes of at least 4 members (excludes halogenated alkanes) is 4. The zero-order valence-corrected chi connectivity index (χ0v) is 14.3. The first-order valence-corrected chi connectivity index (χ1v) is 8.49. The van der Waals surface area contributed by atoms with Gasteiger partial charge in [0.2, 0.25) is 5.91 Å². The van der Waals surface area contributed by atoms with E-state index in [9.17, 15) is 24.9 Å². The molecule has 8 nitrogen and oxygen atoms in total. The SMILES string of the molecule is CCCCCCCC(=O)OC[C@H]1O[C@H](O)[C@H](NC(C)=O)[C@@H](O)[C@@H]1O. The lowest BCUT2D eigenvalue weighted by molar-refractivity contribution is -0.255. The Morgan fingerprint density at radius 3 is 2.38 bits per heavy atom. The molecule has 0 aliphatic carbocycles. The number of aliphatic hydroxyl groups is 3. The second-order valence-electron chi connectivity index (χ2n) is 6.12. The van der Waals surface area contributed by atoms with E-state index in [1.54, 1.807) is 0 Å². The average molecular weight is 347 g/mol. The van der Waals surface area contributed by atoms with Crippen molar-refractivity contribution in [1.29, 1.82) is 0 Å². The van der Waals surface area contributed by atoms with E-state index < -0.39 is 42.5 Å². The Balaban J connectivity index is 2.35. The fraction of sp³-hybridized carbons (Fsp3) is 0.875. The van der Waals surface area contributed by atoms with Gasteiger partial charge in [-0.2, -0.15) is 0 Å². The van der Waals surface area contributed by atoms with E-state index in [4.69, 9.17) is 9.47 Å². The predicted octanol–water partition coefficient (Wildman–Crippen LogP) is -0.166. The minimum absolute atomic E-state index is 0.268. The Kier molecular flexibility index (Phi) is 9.20. The van der Waals surface area contributed by atoms with Crippen LogP contribution in [0.2, 0.25) is 0 Å². The third-order valence-electron chi connectivity index (χ3n) is 3.98. The zero-order chi connectivity index (χ0) is 18.1. The molecule has 0 radical (unpaired) electrons. The van der Waals surface area contributed by atoms with Crippen molar-refractivity contribution in [3.05, 3.63) is 0 Å². The highest BCUT2D eigenvalue weighted by atomic mass is 16.6. The molecule has 24 heavy (non-hydrogen) atoms. The van der Waals surface area contributed by atoms with Gasteiger partial charge in [-0.15, -0.1) is 0 Å². The summed E-state index contributed by atoms with van der Waals surface area (Å²) < 4.78 is 10.2. The second-order valence-corrected chi connectivity index (χ2v) is 6.12. The first-order valence-electron chi connectivity index (χ1n) is 8.49. The number of ether oxygens (including phenoxy) is 2. The van der Waals surface area contributed by atoms with Gasteiger partial charge in [0.05, 0.1) is 0 Å². The fourth-order valence-corrected chi connectivity index (χ4v) is 2.59. The predicted molar refractivity (Wildman–Crippen MR) is 84.8 cm³/mol. The molecular weight excluding hydrogens is 318 g/mol. The van der Waals surface area contributed by atoms with Gasteiger partial charge in [-0.05, 0) is 6.42 Å². The molecule has 0 unspecified atom stereocenters. The van der Waals surface area contributed by atoms with E-state index in [1.807, 2.05) is 0 Å². The third kappa shape index (κ3) is 6.72. The van der Waals surface area contributed by atoms with Crippen LogP contribution >= 0.6 is 0 Å². The van der Waals surface area contributed by atoms with Crippen molar-refractivity contribution in [3.63, 3.8) is 0 Å². The van der Waals surface area contributed by atoms with Crippen LogP contribution in [0.5, 0.6) is 0 Å². The van der Waals surface area contributed by atoms with Crippen LogP contribution in [0.15, 0.2) is 0 Å². The van der Waals surface area contributed by atoms with E-state index in [1.165, 1.54) is 6.92 Å². The van der Waals surface area contributed by atoms with Gasteiger partial charge >= 0.3 is 5.97 Å². The quantitative estimate of drug-likeness (QED) is 0.337. The molecule has 1 heterocycles. The lowest BCUT2D eigenvalue weighted by Gasteiger charge is -2.40. The van der Waals surface area contributed by atoms with E-state index in [0.29, 0.717) is 0 Å². The summed E-state index contributed by atoms with van der Waals surface area (Å²) in [6, 6.07) is -1.14. The fourth-order valence-electron chi connectivity index (χ4n) is 2.59. The average Bonchev–Trinajstić information content (AvgIpc) is 2.53. The lowest BCUT2D eigenvalue weighted by Crippen LogP contribution is -2.64. The van der Waals surface area contributed by atoms with E-state index in [0.717, 1.165) is 32.1 Å². The van der Waals surface area contributed by atoms with Crippen LogP contribution in [0.1, 0.15) is 52.4 Å². The number of amides is 1. The first kappa shape index (κ1) is 20.8. The largest absolute Gasteiger partial charge is 0.463 e. The van der Waals surface area contributed by atoms with Crippen molar-refractivity contribution in [2.75, 3.05) is 6.61 Å². The summed E-state index contributed by atoms with van der Waals surface area (Å²) in [5, 5.41) is 32.1. The number of hydrogen-bond acceptors (Lipinski definition) is 7. The summed E-state index contributed by atoms with van der Waals surface area (Å²) in [4.78, 5) is 22.7. The molecule has 0 spiro atoms. The summed E-state index contributed by atoms with van der Waals surface area (Å²) >= 11 is 0. The molecule has 1 fully saturated rings. The van der Waals surface area contributed by atoms with Crippen molar-refractivity contribution in [1.82, 2.24) is 5.32 Å². The number of aliphatic hydroxyl groups excluding tert-OH is 3.